The van der Waals surface area contributed by atoms with Crippen molar-refractivity contribution in [3.05, 3.63) is 35.1 Å². The molecule has 4 heteroatoms. The summed E-state index contributed by atoms with van der Waals surface area (Å²) in [6, 6.07) is 4.61. The number of aliphatic hydroxyl groups is 1. The van der Waals surface area contributed by atoms with E-state index in [-0.39, 0.29) is 12.4 Å². The molecule has 1 saturated heterocycles. The lowest BCUT2D eigenvalue weighted by Gasteiger charge is -2.25. The first-order chi connectivity index (χ1) is 8.29. The number of halogens is 1. The van der Waals surface area contributed by atoms with Gasteiger partial charge in [0.25, 0.3) is 0 Å². The van der Waals surface area contributed by atoms with Crippen LogP contribution < -0.4 is 0 Å². The number of rotatable bonds is 3. The predicted octanol–water partition coefficient (Wildman–Crippen LogP) is 1.80. The third kappa shape index (κ3) is 3.47. The Morgan fingerprint density at radius 2 is 2.29 bits per heavy atom. The van der Waals surface area contributed by atoms with Crippen LogP contribution in [0.25, 0.3) is 0 Å². The van der Waals surface area contributed by atoms with Crippen LogP contribution in [0.4, 0.5) is 4.39 Å². The van der Waals surface area contributed by atoms with Crippen LogP contribution in [0.1, 0.15) is 11.1 Å². The minimum atomic E-state index is -0.298. The van der Waals surface area contributed by atoms with Crippen LogP contribution in [-0.4, -0.2) is 30.2 Å². The van der Waals surface area contributed by atoms with Gasteiger partial charge in [-0.15, -0.1) is 11.8 Å². The van der Waals surface area contributed by atoms with Crippen molar-refractivity contribution < 1.29 is 14.2 Å². The highest BCUT2D eigenvalue weighted by atomic mass is 32.2. The fourth-order valence-corrected chi connectivity index (χ4v) is 2.50. The van der Waals surface area contributed by atoms with Crippen LogP contribution >= 0.6 is 11.8 Å². The molecule has 0 saturated carbocycles. The monoisotopic (exact) mass is 252 g/mol. The Hall–Kier alpha value is -1.02. The fraction of sp³-hybridized carbons (Fsp3) is 0.385. The number of aliphatic hydroxyl groups excluding tert-OH is 1. The summed E-state index contributed by atoms with van der Waals surface area (Å²) in [6.45, 7) is 1.38. The van der Waals surface area contributed by atoms with Crippen molar-refractivity contribution in [2.75, 3.05) is 19.8 Å². The highest BCUT2D eigenvalue weighted by molar-refractivity contribution is 7.99. The first-order valence-corrected chi connectivity index (χ1v) is 6.42. The van der Waals surface area contributed by atoms with Gasteiger partial charge < -0.3 is 9.84 Å². The zero-order valence-electron chi connectivity index (χ0n) is 9.28. The quantitative estimate of drug-likeness (QED) is 0.832. The lowest BCUT2D eigenvalue weighted by molar-refractivity contribution is 0.0455. The molecule has 1 aromatic carbocycles. The van der Waals surface area contributed by atoms with Crippen LogP contribution in [-0.2, 0) is 10.5 Å². The van der Waals surface area contributed by atoms with Crippen LogP contribution in [0, 0.1) is 17.7 Å². The standard InChI is InChI=1S/C13H13FO2S/c14-12-4-3-11(9-17-13-7-16-8-13)10(6-12)2-1-5-15/h3-4,6,13,15H,5,7-9H2. The molecule has 1 aliphatic heterocycles. The van der Waals surface area contributed by atoms with Crippen LogP contribution in [0.15, 0.2) is 18.2 Å². The molecule has 0 amide bonds. The molecule has 1 aromatic rings. The van der Waals surface area contributed by atoms with Crippen molar-refractivity contribution in [3.8, 4) is 11.8 Å². The second-order valence-corrected chi connectivity index (χ2v) is 5.02. The molecule has 0 bridgehead atoms. The molecule has 0 atom stereocenters. The number of hydrogen-bond acceptors (Lipinski definition) is 3. The molecule has 0 unspecified atom stereocenters. The average Bonchev–Trinajstić information content (AvgIpc) is 2.26. The summed E-state index contributed by atoms with van der Waals surface area (Å²) in [5.74, 6) is 5.83. The zero-order chi connectivity index (χ0) is 12.1. The Bertz CT molecular complexity index is 446. The largest absolute Gasteiger partial charge is 0.384 e. The fourth-order valence-electron chi connectivity index (χ4n) is 1.44. The molecule has 90 valence electrons. The molecule has 0 aliphatic carbocycles. The van der Waals surface area contributed by atoms with E-state index in [4.69, 9.17) is 9.84 Å². The van der Waals surface area contributed by atoms with Gasteiger partial charge in [0, 0.05) is 11.3 Å². The summed E-state index contributed by atoms with van der Waals surface area (Å²) < 4.78 is 18.2. The Kier molecular flexibility index (Phi) is 4.43. The Balaban J connectivity index is 2.07. The normalized spacial score (nSPS) is 14.9. The summed E-state index contributed by atoms with van der Waals surface area (Å²) in [5.41, 5.74) is 1.66. The van der Waals surface area contributed by atoms with Gasteiger partial charge in [0.05, 0.1) is 18.5 Å². The SMILES string of the molecule is OCC#Cc1cc(F)ccc1CSC1COC1. The zero-order valence-corrected chi connectivity index (χ0v) is 10.1. The summed E-state index contributed by atoms with van der Waals surface area (Å²) in [7, 11) is 0. The molecule has 1 N–H and O–H groups in total. The molecule has 1 heterocycles. The van der Waals surface area contributed by atoms with Crippen LogP contribution in [0.5, 0.6) is 0 Å². The van der Waals surface area contributed by atoms with E-state index in [0.29, 0.717) is 10.8 Å². The van der Waals surface area contributed by atoms with E-state index in [1.54, 1.807) is 17.8 Å². The van der Waals surface area contributed by atoms with Gasteiger partial charge >= 0.3 is 0 Å². The van der Waals surface area contributed by atoms with E-state index < -0.39 is 0 Å². The maximum Gasteiger partial charge on any atom is 0.124 e. The van der Waals surface area contributed by atoms with E-state index >= 15 is 0 Å². The number of thioether (sulfide) groups is 1. The maximum absolute atomic E-state index is 13.1. The van der Waals surface area contributed by atoms with Crippen molar-refractivity contribution >= 4 is 11.8 Å². The second-order valence-electron chi connectivity index (χ2n) is 3.73. The van der Waals surface area contributed by atoms with Gasteiger partial charge in [-0.1, -0.05) is 17.9 Å². The lowest BCUT2D eigenvalue weighted by atomic mass is 10.1. The van der Waals surface area contributed by atoms with E-state index in [1.807, 2.05) is 0 Å². The first kappa shape index (κ1) is 12.4. The first-order valence-electron chi connectivity index (χ1n) is 5.37. The van der Waals surface area contributed by atoms with Gasteiger partial charge in [-0.25, -0.2) is 4.39 Å². The van der Waals surface area contributed by atoms with E-state index in [1.165, 1.54) is 12.1 Å². The van der Waals surface area contributed by atoms with Gasteiger partial charge in [0.2, 0.25) is 0 Å². The Morgan fingerprint density at radius 3 is 2.94 bits per heavy atom. The molecule has 2 rings (SSSR count). The third-order valence-electron chi connectivity index (χ3n) is 2.46. The molecule has 2 nitrogen and oxygen atoms in total. The van der Waals surface area contributed by atoms with Gasteiger partial charge in [-0.3, -0.25) is 0 Å². The van der Waals surface area contributed by atoms with E-state index in [0.717, 1.165) is 24.5 Å². The van der Waals surface area contributed by atoms with Gasteiger partial charge in [-0.05, 0) is 17.7 Å². The van der Waals surface area contributed by atoms with Crippen molar-refractivity contribution in [2.45, 2.75) is 11.0 Å². The maximum atomic E-state index is 13.1. The van der Waals surface area contributed by atoms with Gasteiger partial charge in [-0.2, -0.15) is 0 Å². The third-order valence-corrected chi connectivity index (χ3v) is 3.68. The van der Waals surface area contributed by atoms with E-state index in [9.17, 15) is 4.39 Å². The highest BCUT2D eigenvalue weighted by Crippen LogP contribution is 2.25. The number of hydrogen-bond donors (Lipinski definition) is 1. The second kappa shape index (κ2) is 6.06. The smallest absolute Gasteiger partial charge is 0.124 e. The van der Waals surface area contributed by atoms with Crippen molar-refractivity contribution in [1.82, 2.24) is 0 Å². The summed E-state index contributed by atoms with van der Waals surface area (Å²) >= 11 is 1.79. The minimum absolute atomic E-state index is 0.209. The van der Waals surface area contributed by atoms with Crippen LogP contribution in [0.2, 0.25) is 0 Å². The molecular weight excluding hydrogens is 239 g/mol. The molecular formula is C13H13FO2S. The van der Waals surface area contributed by atoms with Gasteiger partial charge in [0.15, 0.2) is 0 Å². The predicted molar refractivity (Wildman–Crippen MR) is 66.3 cm³/mol. The molecule has 0 spiro atoms. The lowest BCUT2D eigenvalue weighted by Crippen LogP contribution is -2.30. The number of ether oxygens (including phenoxy) is 1. The number of benzene rings is 1. The van der Waals surface area contributed by atoms with Crippen molar-refractivity contribution in [1.29, 1.82) is 0 Å². The summed E-state index contributed by atoms with van der Waals surface area (Å²) in [4.78, 5) is 0. The molecule has 1 fully saturated rings. The van der Waals surface area contributed by atoms with Crippen molar-refractivity contribution in [3.63, 3.8) is 0 Å². The van der Waals surface area contributed by atoms with Crippen LogP contribution in [0.3, 0.4) is 0 Å². The molecule has 0 aromatic heterocycles. The Morgan fingerprint density at radius 1 is 1.47 bits per heavy atom. The highest BCUT2D eigenvalue weighted by Gasteiger charge is 2.18. The molecule has 1 aliphatic rings. The minimum Gasteiger partial charge on any atom is -0.384 e. The summed E-state index contributed by atoms with van der Waals surface area (Å²) in [6.07, 6.45) is 0. The van der Waals surface area contributed by atoms with Crippen molar-refractivity contribution in [2.24, 2.45) is 0 Å². The average molecular weight is 252 g/mol. The topological polar surface area (TPSA) is 29.5 Å². The molecule has 0 radical (unpaired) electrons. The van der Waals surface area contributed by atoms with Gasteiger partial charge in [0.1, 0.15) is 12.4 Å². The summed E-state index contributed by atoms with van der Waals surface area (Å²) in [5, 5.41) is 9.20. The molecule has 17 heavy (non-hydrogen) atoms. The van der Waals surface area contributed by atoms with E-state index in [2.05, 4.69) is 11.8 Å². The Labute approximate surface area is 104 Å².